The van der Waals surface area contributed by atoms with Crippen molar-refractivity contribution < 1.29 is 19.1 Å². The van der Waals surface area contributed by atoms with E-state index in [4.69, 9.17) is 4.74 Å². The molecular formula is C10H18O4. The van der Waals surface area contributed by atoms with E-state index in [0.29, 0.717) is 6.61 Å². The summed E-state index contributed by atoms with van der Waals surface area (Å²) in [6.45, 7) is 7.43. The molecule has 0 aliphatic heterocycles. The molecular weight excluding hydrogens is 184 g/mol. The zero-order chi connectivity index (χ0) is 11.2. The molecule has 0 heterocycles. The van der Waals surface area contributed by atoms with Crippen molar-refractivity contribution in [2.75, 3.05) is 6.61 Å². The van der Waals surface area contributed by atoms with Gasteiger partial charge in [0.05, 0.1) is 19.4 Å². The van der Waals surface area contributed by atoms with Gasteiger partial charge in [-0.15, -0.1) is 0 Å². The first-order chi connectivity index (χ1) is 6.35. The van der Waals surface area contributed by atoms with Gasteiger partial charge < -0.3 is 9.47 Å². The molecule has 0 bridgehead atoms. The molecule has 0 radical (unpaired) electrons. The van der Waals surface area contributed by atoms with Crippen molar-refractivity contribution in [2.24, 2.45) is 0 Å². The van der Waals surface area contributed by atoms with Gasteiger partial charge in [0.15, 0.2) is 0 Å². The number of hydrogen-bond acceptors (Lipinski definition) is 4. The Morgan fingerprint density at radius 2 is 1.57 bits per heavy atom. The molecule has 4 heteroatoms. The van der Waals surface area contributed by atoms with Crippen LogP contribution in [-0.2, 0) is 19.1 Å². The summed E-state index contributed by atoms with van der Waals surface area (Å²) in [6, 6.07) is 0. The highest BCUT2D eigenvalue weighted by atomic mass is 16.6. The van der Waals surface area contributed by atoms with Crippen LogP contribution < -0.4 is 0 Å². The molecule has 0 rings (SSSR count). The van der Waals surface area contributed by atoms with Gasteiger partial charge in [-0.25, -0.2) is 0 Å². The second-order valence-electron chi connectivity index (χ2n) is 3.89. The number of carbonyl (C=O) groups is 2. The van der Waals surface area contributed by atoms with Gasteiger partial charge in [0.25, 0.3) is 0 Å². The van der Waals surface area contributed by atoms with Crippen molar-refractivity contribution in [2.45, 2.75) is 46.1 Å². The van der Waals surface area contributed by atoms with E-state index in [1.807, 2.05) is 0 Å². The third-order valence-electron chi connectivity index (χ3n) is 1.26. The Bertz CT molecular complexity index is 203. The standard InChI is InChI=1S/C10H18O4/c1-5-13-8(11)6-7-9(12)14-10(2,3)4/h5-7H2,1-4H3. The molecule has 0 aromatic carbocycles. The molecule has 14 heavy (non-hydrogen) atoms. The first-order valence-corrected chi connectivity index (χ1v) is 4.72. The Kier molecular flexibility index (Phi) is 5.20. The maximum Gasteiger partial charge on any atom is 0.306 e. The van der Waals surface area contributed by atoms with Crippen LogP contribution in [-0.4, -0.2) is 24.1 Å². The predicted molar refractivity (Wildman–Crippen MR) is 51.7 cm³/mol. The highest BCUT2D eigenvalue weighted by Crippen LogP contribution is 2.09. The normalized spacial score (nSPS) is 10.9. The van der Waals surface area contributed by atoms with Gasteiger partial charge >= 0.3 is 11.9 Å². The van der Waals surface area contributed by atoms with Crippen molar-refractivity contribution in [3.05, 3.63) is 0 Å². The maximum absolute atomic E-state index is 11.1. The fourth-order valence-electron chi connectivity index (χ4n) is 0.830. The maximum atomic E-state index is 11.1. The Morgan fingerprint density at radius 1 is 1.07 bits per heavy atom. The Labute approximate surface area is 84.6 Å². The van der Waals surface area contributed by atoms with Crippen LogP contribution in [0, 0.1) is 0 Å². The number of esters is 2. The van der Waals surface area contributed by atoms with E-state index in [-0.39, 0.29) is 24.8 Å². The van der Waals surface area contributed by atoms with E-state index in [1.165, 1.54) is 0 Å². The number of ether oxygens (including phenoxy) is 2. The highest BCUT2D eigenvalue weighted by Gasteiger charge is 2.17. The van der Waals surface area contributed by atoms with Crippen molar-refractivity contribution in [1.29, 1.82) is 0 Å². The molecule has 0 aliphatic carbocycles. The van der Waals surface area contributed by atoms with E-state index in [0.717, 1.165) is 0 Å². The summed E-state index contributed by atoms with van der Waals surface area (Å²) in [4.78, 5) is 22.0. The summed E-state index contributed by atoms with van der Waals surface area (Å²) in [6.07, 6.45) is 0.166. The van der Waals surface area contributed by atoms with Crippen molar-refractivity contribution in [3.63, 3.8) is 0 Å². The highest BCUT2D eigenvalue weighted by molar-refractivity contribution is 5.77. The van der Waals surface area contributed by atoms with E-state index in [2.05, 4.69) is 4.74 Å². The second-order valence-corrected chi connectivity index (χ2v) is 3.89. The molecule has 0 atom stereocenters. The van der Waals surface area contributed by atoms with E-state index >= 15 is 0 Å². The van der Waals surface area contributed by atoms with Crippen molar-refractivity contribution >= 4 is 11.9 Å². The largest absolute Gasteiger partial charge is 0.466 e. The van der Waals surface area contributed by atoms with Crippen LogP contribution in [0.25, 0.3) is 0 Å². The molecule has 0 aromatic rings. The molecule has 0 N–H and O–H groups in total. The third kappa shape index (κ3) is 7.58. The Hall–Kier alpha value is -1.06. The lowest BCUT2D eigenvalue weighted by molar-refractivity contribution is -0.158. The number of rotatable bonds is 4. The van der Waals surface area contributed by atoms with Crippen LogP contribution in [0.2, 0.25) is 0 Å². The average Bonchev–Trinajstić information content (AvgIpc) is 1.98. The molecule has 0 saturated carbocycles. The van der Waals surface area contributed by atoms with Crippen LogP contribution >= 0.6 is 0 Å². The molecule has 0 aromatic heterocycles. The Balaban J connectivity index is 3.70. The van der Waals surface area contributed by atoms with E-state index < -0.39 is 5.60 Å². The predicted octanol–water partition coefficient (Wildman–Crippen LogP) is 1.67. The summed E-state index contributed by atoms with van der Waals surface area (Å²) in [5, 5.41) is 0. The lowest BCUT2D eigenvalue weighted by Gasteiger charge is -2.19. The smallest absolute Gasteiger partial charge is 0.306 e. The number of carbonyl (C=O) groups excluding carboxylic acids is 2. The molecule has 0 fully saturated rings. The van der Waals surface area contributed by atoms with Crippen LogP contribution in [0.15, 0.2) is 0 Å². The zero-order valence-electron chi connectivity index (χ0n) is 9.25. The monoisotopic (exact) mass is 202 g/mol. The topological polar surface area (TPSA) is 52.6 Å². The van der Waals surface area contributed by atoms with Crippen LogP contribution in [0.4, 0.5) is 0 Å². The minimum absolute atomic E-state index is 0.0795. The lowest BCUT2D eigenvalue weighted by atomic mass is 10.2. The summed E-state index contributed by atoms with van der Waals surface area (Å²) in [7, 11) is 0. The average molecular weight is 202 g/mol. The lowest BCUT2D eigenvalue weighted by Crippen LogP contribution is -2.24. The number of hydrogen-bond donors (Lipinski definition) is 0. The SMILES string of the molecule is CCOC(=O)CCC(=O)OC(C)(C)C. The summed E-state index contributed by atoms with van der Waals surface area (Å²) in [5.74, 6) is -0.732. The molecule has 0 unspecified atom stereocenters. The van der Waals surface area contributed by atoms with E-state index in [9.17, 15) is 9.59 Å². The fourth-order valence-corrected chi connectivity index (χ4v) is 0.830. The van der Waals surface area contributed by atoms with Gasteiger partial charge in [-0.3, -0.25) is 9.59 Å². The van der Waals surface area contributed by atoms with Crippen LogP contribution in [0.1, 0.15) is 40.5 Å². The first-order valence-electron chi connectivity index (χ1n) is 4.72. The fraction of sp³-hybridized carbons (Fsp3) is 0.800. The molecule has 82 valence electrons. The summed E-state index contributed by atoms with van der Waals surface area (Å²) >= 11 is 0. The zero-order valence-corrected chi connectivity index (χ0v) is 9.25. The van der Waals surface area contributed by atoms with Crippen LogP contribution in [0.3, 0.4) is 0 Å². The van der Waals surface area contributed by atoms with Gasteiger partial charge in [0.2, 0.25) is 0 Å². The van der Waals surface area contributed by atoms with Crippen molar-refractivity contribution in [1.82, 2.24) is 0 Å². The van der Waals surface area contributed by atoms with Crippen molar-refractivity contribution in [3.8, 4) is 0 Å². The minimum atomic E-state index is -0.494. The van der Waals surface area contributed by atoms with Gasteiger partial charge in [-0.2, -0.15) is 0 Å². The quantitative estimate of drug-likeness (QED) is 0.651. The van der Waals surface area contributed by atoms with Crippen LogP contribution in [0.5, 0.6) is 0 Å². The van der Waals surface area contributed by atoms with E-state index in [1.54, 1.807) is 27.7 Å². The van der Waals surface area contributed by atoms with Gasteiger partial charge in [0, 0.05) is 0 Å². The third-order valence-corrected chi connectivity index (χ3v) is 1.26. The molecule has 0 amide bonds. The summed E-state index contributed by atoms with van der Waals surface area (Å²) < 4.78 is 9.70. The summed E-state index contributed by atoms with van der Waals surface area (Å²) in [5.41, 5.74) is -0.494. The molecule has 0 aliphatic rings. The minimum Gasteiger partial charge on any atom is -0.466 e. The Morgan fingerprint density at radius 3 is 2.00 bits per heavy atom. The van der Waals surface area contributed by atoms with Gasteiger partial charge in [-0.1, -0.05) is 0 Å². The molecule has 4 nitrogen and oxygen atoms in total. The van der Waals surface area contributed by atoms with Gasteiger partial charge in [-0.05, 0) is 27.7 Å². The van der Waals surface area contributed by atoms with Gasteiger partial charge in [0.1, 0.15) is 5.60 Å². The second kappa shape index (κ2) is 5.62. The molecule has 0 saturated heterocycles. The molecule has 0 spiro atoms. The first kappa shape index (κ1) is 12.9.